The first-order valence-electron chi connectivity index (χ1n) is 5.42. The van der Waals surface area contributed by atoms with Crippen LogP contribution < -0.4 is 11.1 Å². The van der Waals surface area contributed by atoms with Gasteiger partial charge in [0.2, 0.25) is 5.91 Å². The molecule has 6 nitrogen and oxygen atoms in total. The molecule has 92 valence electrons. The first-order chi connectivity index (χ1) is 7.56. The summed E-state index contributed by atoms with van der Waals surface area (Å²) in [7, 11) is 0. The van der Waals surface area contributed by atoms with Crippen LogP contribution in [0, 0.1) is 5.92 Å². The van der Waals surface area contributed by atoms with Crippen molar-refractivity contribution in [3.8, 4) is 0 Å². The summed E-state index contributed by atoms with van der Waals surface area (Å²) < 4.78 is 5.06. The minimum Gasteiger partial charge on any atom is -0.480 e. The highest BCUT2D eigenvalue weighted by Crippen LogP contribution is 2.12. The summed E-state index contributed by atoms with van der Waals surface area (Å²) >= 11 is 0. The molecule has 0 aliphatic carbocycles. The Hall–Kier alpha value is -1.14. The van der Waals surface area contributed by atoms with E-state index < -0.39 is 17.9 Å². The number of carboxylic acids is 1. The smallest absolute Gasteiger partial charge is 0.326 e. The van der Waals surface area contributed by atoms with E-state index in [1.165, 1.54) is 0 Å². The molecule has 6 heteroatoms. The minimum absolute atomic E-state index is 0.269. The molecule has 1 heterocycles. The van der Waals surface area contributed by atoms with Crippen molar-refractivity contribution in [1.82, 2.24) is 5.32 Å². The van der Waals surface area contributed by atoms with Crippen molar-refractivity contribution >= 4 is 11.9 Å². The fourth-order valence-electron chi connectivity index (χ4n) is 1.67. The molecular formula is C10H18N2O4. The molecule has 1 fully saturated rings. The predicted molar refractivity (Wildman–Crippen MR) is 56.8 cm³/mol. The highest BCUT2D eigenvalue weighted by molar-refractivity contribution is 5.85. The molecule has 0 spiro atoms. The molecule has 16 heavy (non-hydrogen) atoms. The average Bonchev–Trinajstić information content (AvgIpc) is 2.63. The molecule has 0 saturated carbocycles. The summed E-state index contributed by atoms with van der Waals surface area (Å²) in [5.41, 5.74) is 5.67. The van der Waals surface area contributed by atoms with Crippen molar-refractivity contribution in [3.63, 3.8) is 0 Å². The molecule has 1 rings (SSSR count). The molecule has 4 N–H and O–H groups in total. The number of ether oxygens (including phenoxy) is 1. The molecule has 1 amide bonds. The maximum Gasteiger partial charge on any atom is 0.326 e. The Labute approximate surface area is 94.1 Å². The zero-order valence-electron chi connectivity index (χ0n) is 9.31. The van der Waals surface area contributed by atoms with Gasteiger partial charge >= 0.3 is 5.97 Å². The van der Waals surface area contributed by atoms with Crippen molar-refractivity contribution in [2.24, 2.45) is 11.7 Å². The van der Waals surface area contributed by atoms with Gasteiger partial charge in [0.05, 0.1) is 19.1 Å². The third kappa shape index (κ3) is 3.18. The van der Waals surface area contributed by atoms with Crippen LogP contribution in [0.5, 0.6) is 0 Å². The number of rotatable bonds is 5. The molecule has 3 unspecified atom stereocenters. The molecule has 1 aliphatic rings. The second-order valence-electron chi connectivity index (χ2n) is 4.00. The van der Waals surface area contributed by atoms with E-state index in [0.717, 1.165) is 0 Å². The topological polar surface area (TPSA) is 102 Å². The number of carbonyl (C=O) groups is 2. The van der Waals surface area contributed by atoms with Crippen LogP contribution in [0.25, 0.3) is 0 Å². The van der Waals surface area contributed by atoms with Gasteiger partial charge in [-0.15, -0.1) is 0 Å². The van der Waals surface area contributed by atoms with Crippen molar-refractivity contribution in [3.05, 3.63) is 0 Å². The largest absolute Gasteiger partial charge is 0.480 e. The highest BCUT2D eigenvalue weighted by Gasteiger charge is 2.33. The lowest BCUT2D eigenvalue weighted by Crippen LogP contribution is -2.47. The van der Waals surface area contributed by atoms with Crippen LogP contribution in [0.15, 0.2) is 0 Å². The molecule has 1 saturated heterocycles. The number of hydrogen-bond donors (Lipinski definition) is 3. The molecule has 1 aliphatic heterocycles. The van der Waals surface area contributed by atoms with Crippen molar-refractivity contribution in [2.45, 2.75) is 31.8 Å². The number of aliphatic carboxylic acids is 1. The number of amides is 1. The van der Waals surface area contributed by atoms with Gasteiger partial charge < -0.3 is 20.9 Å². The number of nitrogens with two attached hydrogens (primary N) is 1. The van der Waals surface area contributed by atoms with Crippen LogP contribution >= 0.6 is 0 Å². The summed E-state index contributed by atoms with van der Waals surface area (Å²) in [4.78, 5) is 22.6. The molecule has 0 aromatic rings. The summed E-state index contributed by atoms with van der Waals surface area (Å²) in [6.45, 7) is 2.49. The van der Waals surface area contributed by atoms with E-state index in [9.17, 15) is 9.59 Å². The van der Waals surface area contributed by atoms with Gasteiger partial charge in [-0.05, 0) is 6.42 Å². The van der Waals surface area contributed by atoms with E-state index >= 15 is 0 Å². The quantitative estimate of drug-likeness (QED) is 0.581. The van der Waals surface area contributed by atoms with Crippen LogP contribution in [0.3, 0.4) is 0 Å². The first-order valence-corrected chi connectivity index (χ1v) is 5.42. The molecule has 0 aromatic carbocycles. The van der Waals surface area contributed by atoms with E-state index in [-0.39, 0.29) is 18.6 Å². The van der Waals surface area contributed by atoms with Crippen molar-refractivity contribution in [2.75, 3.05) is 13.2 Å². The van der Waals surface area contributed by atoms with Gasteiger partial charge in [0.15, 0.2) is 0 Å². The van der Waals surface area contributed by atoms with E-state index in [1.54, 1.807) is 0 Å². The zero-order valence-corrected chi connectivity index (χ0v) is 9.31. The van der Waals surface area contributed by atoms with Crippen LogP contribution in [-0.2, 0) is 14.3 Å². The molecule has 0 bridgehead atoms. The van der Waals surface area contributed by atoms with Gasteiger partial charge in [0.25, 0.3) is 0 Å². The van der Waals surface area contributed by atoms with E-state index in [4.69, 9.17) is 15.6 Å². The van der Waals surface area contributed by atoms with Gasteiger partial charge in [-0.3, -0.25) is 4.79 Å². The maximum absolute atomic E-state index is 11.7. The predicted octanol–water partition coefficient (Wildman–Crippen LogP) is -0.670. The van der Waals surface area contributed by atoms with E-state index in [2.05, 4.69) is 5.32 Å². The Kier molecular flexibility index (Phi) is 4.70. The fourth-order valence-corrected chi connectivity index (χ4v) is 1.67. The summed E-state index contributed by atoms with van der Waals surface area (Å²) in [6, 6.07) is -1.17. The first kappa shape index (κ1) is 12.9. The average molecular weight is 230 g/mol. The Morgan fingerprint density at radius 2 is 2.25 bits per heavy atom. The van der Waals surface area contributed by atoms with Crippen molar-refractivity contribution in [1.29, 1.82) is 0 Å². The zero-order chi connectivity index (χ0) is 12.1. The van der Waals surface area contributed by atoms with Gasteiger partial charge in [0, 0.05) is 6.04 Å². The van der Waals surface area contributed by atoms with Crippen LogP contribution in [0.2, 0.25) is 0 Å². The van der Waals surface area contributed by atoms with Gasteiger partial charge in [-0.1, -0.05) is 13.3 Å². The standard InChI is InChI=1S/C10H18N2O4/c1-2-3-8(10(14)15)12-9(13)6-4-16-5-7(6)11/h6-8H,2-5,11H2,1H3,(H,12,13)(H,14,15). The van der Waals surface area contributed by atoms with Crippen LogP contribution in [0.1, 0.15) is 19.8 Å². The minimum atomic E-state index is -1.01. The van der Waals surface area contributed by atoms with Crippen LogP contribution in [0.4, 0.5) is 0 Å². The number of carbonyl (C=O) groups excluding carboxylic acids is 1. The number of hydrogen-bond acceptors (Lipinski definition) is 4. The van der Waals surface area contributed by atoms with Gasteiger partial charge in [-0.25, -0.2) is 4.79 Å². The normalized spacial score (nSPS) is 26.4. The Bertz CT molecular complexity index is 270. The monoisotopic (exact) mass is 230 g/mol. The van der Waals surface area contributed by atoms with E-state index in [1.807, 2.05) is 6.92 Å². The molecule has 0 radical (unpaired) electrons. The lowest BCUT2D eigenvalue weighted by molar-refractivity contribution is -0.142. The number of carboxylic acid groups (broad SMARTS) is 1. The van der Waals surface area contributed by atoms with Gasteiger partial charge in [-0.2, -0.15) is 0 Å². The highest BCUT2D eigenvalue weighted by atomic mass is 16.5. The molecular weight excluding hydrogens is 212 g/mol. The Balaban J connectivity index is 2.50. The summed E-state index contributed by atoms with van der Waals surface area (Å²) in [5, 5.41) is 11.4. The van der Waals surface area contributed by atoms with Gasteiger partial charge in [0.1, 0.15) is 6.04 Å². The molecule has 0 aromatic heterocycles. The number of nitrogens with one attached hydrogen (secondary N) is 1. The summed E-state index contributed by atoms with van der Waals surface area (Å²) in [5.74, 6) is -1.77. The summed E-state index contributed by atoms with van der Waals surface area (Å²) in [6.07, 6.45) is 1.12. The lowest BCUT2D eigenvalue weighted by Gasteiger charge is -2.18. The Morgan fingerprint density at radius 1 is 1.56 bits per heavy atom. The third-order valence-electron chi connectivity index (χ3n) is 2.65. The lowest BCUT2D eigenvalue weighted by atomic mass is 10.0. The van der Waals surface area contributed by atoms with E-state index in [0.29, 0.717) is 19.4 Å². The second-order valence-corrected chi connectivity index (χ2v) is 4.00. The maximum atomic E-state index is 11.7. The third-order valence-corrected chi connectivity index (χ3v) is 2.65. The van der Waals surface area contributed by atoms with Crippen LogP contribution in [-0.4, -0.2) is 42.3 Å². The second kappa shape index (κ2) is 5.81. The fraction of sp³-hybridized carbons (Fsp3) is 0.800. The Morgan fingerprint density at radius 3 is 2.69 bits per heavy atom. The van der Waals surface area contributed by atoms with Crippen molar-refractivity contribution < 1.29 is 19.4 Å². The SMILES string of the molecule is CCCC(NC(=O)C1COCC1N)C(=O)O. The molecule has 3 atom stereocenters.